The maximum Gasteiger partial charge on any atom is 0.293 e. The van der Waals surface area contributed by atoms with Crippen LogP contribution in [-0.2, 0) is 4.79 Å². The Balaban J connectivity index is 2.22. The third-order valence-electron chi connectivity index (χ3n) is 2.42. The second kappa shape index (κ2) is 5.24. The summed E-state index contributed by atoms with van der Waals surface area (Å²) in [6, 6.07) is 6.39. The van der Waals surface area contributed by atoms with Crippen molar-refractivity contribution in [2.45, 2.75) is 0 Å². The Morgan fingerprint density at radius 1 is 1.28 bits per heavy atom. The molecule has 18 heavy (non-hydrogen) atoms. The van der Waals surface area contributed by atoms with Crippen molar-refractivity contribution in [1.29, 1.82) is 0 Å². The van der Waals surface area contributed by atoms with Crippen molar-refractivity contribution in [3.05, 3.63) is 34.7 Å². The molecule has 3 N–H and O–H groups in total. The van der Waals surface area contributed by atoms with Crippen molar-refractivity contribution in [2.24, 2.45) is 5.73 Å². The van der Waals surface area contributed by atoms with Crippen molar-refractivity contribution in [3.63, 3.8) is 0 Å². The fourth-order valence-electron chi connectivity index (χ4n) is 1.54. The molecule has 1 aliphatic rings. The maximum atomic E-state index is 11.9. The van der Waals surface area contributed by atoms with Crippen LogP contribution in [0.15, 0.2) is 29.2 Å². The molecule has 0 spiro atoms. The topological polar surface area (TPSA) is 83.6 Å². The highest BCUT2D eigenvalue weighted by Crippen LogP contribution is 2.31. The molecule has 0 bridgehead atoms. The van der Waals surface area contributed by atoms with Crippen molar-refractivity contribution in [1.82, 2.24) is 4.90 Å². The zero-order chi connectivity index (χ0) is 13.1. The molecule has 1 aliphatic heterocycles. The molecule has 94 valence electrons. The number of thioether (sulfide) groups is 1. The minimum Gasteiger partial charge on any atom is -0.508 e. The summed E-state index contributed by atoms with van der Waals surface area (Å²) in [5, 5.41) is 8.86. The Hall–Kier alpha value is -1.79. The molecule has 2 rings (SSSR count). The first kappa shape index (κ1) is 12.7. The van der Waals surface area contributed by atoms with Crippen LogP contribution in [-0.4, -0.2) is 34.2 Å². The summed E-state index contributed by atoms with van der Waals surface area (Å²) < 4.78 is 0. The van der Waals surface area contributed by atoms with Gasteiger partial charge in [0.25, 0.3) is 11.1 Å². The lowest BCUT2D eigenvalue weighted by Crippen LogP contribution is -2.33. The fourth-order valence-corrected chi connectivity index (χ4v) is 2.41. The SMILES string of the molecule is NCCN1C(=O)SC(=Cc2ccc(O)cc2)C1=O. The van der Waals surface area contributed by atoms with Crippen LogP contribution in [0.5, 0.6) is 5.75 Å². The van der Waals surface area contributed by atoms with Gasteiger partial charge in [-0.3, -0.25) is 14.5 Å². The number of nitrogens with zero attached hydrogens (tertiary/aromatic N) is 1. The number of phenols is 1. The number of amides is 2. The molecule has 0 aliphatic carbocycles. The monoisotopic (exact) mass is 264 g/mol. The summed E-state index contributed by atoms with van der Waals surface area (Å²) in [7, 11) is 0. The van der Waals surface area contributed by atoms with E-state index >= 15 is 0 Å². The van der Waals surface area contributed by atoms with E-state index in [9.17, 15) is 9.59 Å². The van der Waals surface area contributed by atoms with E-state index in [4.69, 9.17) is 10.8 Å². The van der Waals surface area contributed by atoms with Crippen LogP contribution in [0.1, 0.15) is 5.56 Å². The van der Waals surface area contributed by atoms with Gasteiger partial charge in [0.2, 0.25) is 0 Å². The Morgan fingerprint density at radius 3 is 2.56 bits per heavy atom. The van der Waals surface area contributed by atoms with Gasteiger partial charge in [0, 0.05) is 13.1 Å². The van der Waals surface area contributed by atoms with Crippen LogP contribution in [0.3, 0.4) is 0 Å². The highest BCUT2D eigenvalue weighted by atomic mass is 32.2. The number of imide groups is 1. The summed E-state index contributed by atoms with van der Waals surface area (Å²) in [5.74, 6) is -0.160. The lowest BCUT2D eigenvalue weighted by atomic mass is 10.2. The predicted octanol–water partition coefficient (Wildman–Crippen LogP) is 1.39. The number of benzene rings is 1. The predicted molar refractivity (Wildman–Crippen MR) is 69.8 cm³/mol. The number of nitrogens with two attached hydrogens (primary N) is 1. The van der Waals surface area contributed by atoms with Gasteiger partial charge in [0.05, 0.1) is 4.91 Å². The van der Waals surface area contributed by atoms with Gasteiger partial charge < -0.3 is 10.8 Å². The highest BCUT2D eigenvalue weighted by molar-refractivity contribution is 8.18. The number of hydrogen-bond donors (Lipinski definition) is 2. The standard InChI is InChI=1S/C12H12N2O3S/c13-5-6-14-11(16)10(18-12(14)17)7-8-1-3-9(15)4-2-8/h1-4,7,15H,5-6,13H2. The molecular weight excluding hydrogens is 252 g/mol. The van der Waals surface area contributed by atoms with Gasteiger partial charge in [-0.25, -0.2) is 0 Å². The molecule has 1 saturated heterocycles. The van der Waals surface area contributed by atoms with Gasteiger partial charge in [-0.2, -0.15) is 0 Å². The number of phenolic OH excluding ortho intramolecular Hbond substituents is 1. The Labute approximate surface area is 108 Å². The van der Waals surface area contributed by atoms with E-state index in [1.165, 1.54) is 12.1 Å². The zero-order valence-electron chi connectivity index (χ0n) is 9.50. The molecule has 0 aromatic heterocycles. The van der Waals surface area contributed by atoms with Crippen LogP contribution in [0, 0.1) is 0 Å². The van der Waals surface area contributed by atoms with Crippen molar-refractivity contribution in [3.8, 4) is 5.75 Å². The lowest BCUT2D eigenvalue weighted by Gasteiger charge is -2.09. The first-order chi connectivity index (χ1) is 8.61. The van der Waals surface area contributed by atoms with Gasteiger partial charge in [0.1, 0.15) is 5.75 Å². The molecule has 2 amide bonds. The molecule has 0 atom stereocenters. The molecule has 1 fully saturated rings. The minimum absolute atomic E-state index is 0.156. The van der Waals surface area contributed by atoms with E-state index in [1.807, 2.05) is 0 Å². The average Bonchev–Trinajstić information content (AvgIpc) is 2.60. The van der Waals surface area contributed by atoms with E-state index in [0.29, 0.717) is 4.91 Å². The fraction of sp³-hybridized carbons (Fsp3) is 0.167. The largest absolute Gasteiger partial charge is 0.508 e. The maximum absolute atomic E-state index is 11.9. The average molecular weight is 264 g/mol. The molecule has 0 saturated carbocycles. The van der Waals surface area contributed by atoms with Gasteiger partial charge >= 0.3 is 0 Å². The number of carbonyl (C=O) groups is 2. The number of aromatic hydroxyl groups is 1. The molecule has 0 unspecified atom stereocenters. The third kappa shape index (κ3) is 2.55. The number of carbonyl (C=O) groups excluding carboxylic acids is 2. The number of hydrogen-bond acceptors (Lipinski definition) is 5. The van der Waals surface area contributed by atoms with Gasteiger partial charge in [-0.15, -0.1) is 0 Å². The van der Waals surface area contributed by atoms with E-state index < -0.39 is 0 Å². The Kier molecular flexibility index (Phi) is 3.69. The summed E-state index contributed by atoms with van der Waals surface area (Å²) in [4.78, 5) is 25.0. The molecule has 1 aromatic rings. The third-order valence-corrected chi connectivity index (χ3v) is 3.32. The van der Waals surface area contributed by atoms with E-state index in [-0.39, 0.29) is 30.0 Å². The van der Waals surface area contributed by atoms with E-state index in [2.05, 4.69) is 0 Å². The Bertz CT molecular complexity index is 511. The first-order valence-electron chi connectivity index (χ1n) is 5.36. The second-order valence-corrected chi connectivity index (χ2v) is 4.71. The molecule has 1 heterocycles. The molecular formula is C12H12N2O3S. The summed E-state index contributed by atoms with van der Waals surface area (Å²) in [5.41, 5.74) is 6.10. The van der Waals surface area contributed by atoms with Crippen LogP contribution < -0.4 is 5.73 Å². The lowest BCUT2D eigenvalue weighted by molar-refractivity contribution is -0.122. The molecule has 5 nitrogen and oxygen atoms in total. The van der Waals surface area contributed by atoms with Gasteiger partial charge in [-0.05, 0) is 35.5 Å². The number of rotatable bonds is 3. The van der Waals surface area contributed by atoms with Gasteiger partial charge in [-0.1, -0.05) is 12.1 Å². The Morgan fingerprint density at radius 2 is 1.94 bits per heavy atom. The summed E-state index contributed by atoms with van der Waals surface area (Å²) in [6.07, 6.45) is 1.63. The zero-order valence-corrected chi connectivity index (χ0v) is 10.3. The summed E-state index contributed by atoms with van der Waals surface area (Å²) >= 11 is 0.901. The van der Waals surface area contributed by atoms with Crippen LogP contribution in [0.2, 0.25) is 0 Å². The van der Waals surface area contributed by atoms with Crippen LogP contribution in [0.25, 0.3) is 6.08 Å². The van der Waals surface area contributed by atoms with E-state index in [1.54, 1.807) is 18.2 Å². The van der Waals surface area contributed by atoms with Crippen molar-refractivity contribution < 1.29 is 14.7 Å². The minimum atomic E-state index is -0.316. The quantitative estimate of drug-likeness (QED) is 0.806. The van der Waals surface area contributed by atoms with Crippen molar-refractivity contribution in [2.75, 3.05) is 13.1 Å². The normalized spacial score (nSPS) is 17.8. The molecule has 6 heteroatoms. The first-order valence-corrected chi connectivity index (χ1v) is 6.18. The second-order valence-electron chi connectivity index (χ2n) is 3.71. The van der Waals surface area contributed by atoms with Gasteiger partial charge in [0.15, 0.2) is 0 Å². The van der Waals surface area contributed by atoms with E-state index in [0.717, 1.165) is 22.2 Å². The van der Waals surface area contributed by atoms with Crippen LogP contribution >= 0.6 is 11.8 Å². The van der Waals surface area contributed by atoms with Crippen LogP contribution in [0.4, 0.5) is 4.79 Å². The smallest absolute Gasteiger partial charge is 0.293 e. The molecule has 1 aromatic carbocycles. The van der Waals surface area contributed by atoms with Crippen molar-refractivity contribution >= 4 is 29.0 Å². The summed E-state index contributed by atoms with van der Waals surface area (Å²) in [6.45, 7) is 0.488. The highest BCUT2D eigenvalue weighted by Gasteiger charge is 2.34. The molecule has 0 radical (unpaired) electrons.